The molecule has 1 atom stereocenters. The summed E-state index contributed by atoms with van der Waals surface area (Å²) >= 11 is 3.57. The van der Waals surface area contributed by atoms with Gasteiger partial charge in [-0.1, -0.05) is 57.9 Å². The quantitative estimate of drug-likeness (QED) is 0.524. The molecule has 2 nitrogen and oxygen atoms in total. The van der Waals surface area contributed by atoms with Crippen LogP contribution in [-0.2, 0) is 0 Å². The van der Waals surface area contributed by atoms with E-state index < -0.39 is 0 Å². The van der Waals surface area contributed by atoms with Crippen molar-refractivity contribution >= 4 is 27.1 Å². The molecule has 0 aromatic heterocycles. The number of halogens is 1. The largest absolute Gasteiger partial charge is 0.508 e. The highest BCUT2D eigenvalue weighted by Crippen LogP contribution is 2.47. The molecule has 1 aliphatic rings. The number of fused-ring (bicyclic) bond motifs is 1. The molecule has 0 amide bonds. The zero-order valence-corrected chi connectivity index (χ0v) is 16.2. The summed E-state index contributed by atoms with van der Waals surface area (Å²) in [5.74, 6) is 1.04. The van der Waals surface area contributed by atoms with Crippen LogP contribution in [0.5, 0.6) is 11.5 Å². The Labute approximate surface area is 161 Å². The first-order valence-electron chi connectivity index (χ1n) is 8.56. The molecule has 1 heterocycles. The second kappa shape index (κ2) is 6.65. The van der Waals surface area contributed by atoms with Crippen molar-refractivity contribution in [1.29, 1.82) is 0 Å². The Balaban J connectivity index is 1.95. The fraction of sp³-hybridized carbons (Fsp3) is 0.130. The van der Waals surface area contributed by atoms with Crippen molar-refractivity contribution in [1.82, 2.24) is 0 Å². The first-order valence-corrected chi connectivity index (χ1v) is 9.35. The van der Waals surface area contributed by atoms with Gasteiger partial charge in [-0.3, -0.25) is 0 Å². The van der Waals surface area contributed by atoms with E-state index in [2.05, 4.69) is 66.2 Å². The lowest BCUT2D eigenvalue weighted by Gasteiger charge is -2.31. The van der Waals surface area contributed by atoms with Crippen LogP contribution in [0, 0.1) is 6.92 Å². The van der Waals surface area contributed by atoms with Gasteiger partial charge >= 0.3 is 0 Å². The molecular weight excluding hydrogens is 388 g/mol. The van der Waals surface area contributed by atoms with Gasteiger partial charge in [0.25, 0.3) is 0 Å². The van der Waals surface area contributed by atoms with Gasteiger partial charge in [0.15, 0.2) is 0 Å². The Kier molecular flexibility index (Phi) is 4.33. The summed E-state index contributed by atoms with van der Waals surface area (Å²) in [6.45, 7) is 4.18. The lowest BCUT2D eigenvalue weighted by Crippen LogP contribution is -2.16. The molecule has 130 valence electrons. The van der Waals surface area contributed by atoms with Gasteiger partial charge in [0.05, 0.1) is 0 Å². The van der Waals surface area contributed by atoms with E-state index in [1.165, 1.54) is 5.56 Å². The molecule has 3 aromatic carbocycles. The minimum atomic E-state index is -0.193. The van der Waals surface area contributed by atoms with Crippen molar-refractivity contribution < 1.29 is 9.84 Å². The molecule has 26 heavy (non-hydrogen) atoms. The third-order valence-electron chi connectivity index (χ3n) is 4.79. The van der Waals surface area contributed by atoms with Crippen LogP contribution in [-0.4, -0.2) is 5.11 Å². The second-order valence-electron chi connectivity index (χ2n) is 6.64. The molecule has 0 saturated heterocycles. The summed E-state index contributed by atoms with van der Waals surface area (Å²) in [5, 5.41) is 9.93. The molecule has 0 radical (unpaired) electrons. The highest BCUT2D eigenvalue weighted by molar-refractivity contribution is 9.10. The normalized spacial score (nSPS) is 16.2. The molecule has 0 bridgehead atoms. The molecule has 4 rings (SSSR count). The third-order valence-corrected chi connectivity index (χ3v) is 5.29. The number of phenolic OH excluding ortho intramolecular Hbond substituents is 1. The molecular formula is C23H19BrO2. The number of phenols is 1. The van der Waals surface area contributed by atoms with Gasteiger partial charge in [-0.25, -0.2) is 0 Å². The van der Waals surface area contributed by atoms with E-state index in [0.717, 1.165) is 38.1 Å². The Morgan fingerprint density at radius 2 is 1.69 bits per heavy atom. The van der Waals surface area contributed by atoms with E-state index in [1.54, 1.807) is 12.1 Å². The Bertz CT molecular complexity index is 1000. The molecule has 0 spiro atoms. The maximum atomic E-state index is 9.93. The van der Waals surface area contributed by atoms with Crippen LogP contribution in [0.1, 0.15) is 35.3 Å². The minimum Gasteiger partial charge on any atom is -0.508 e. The van der Waals surface area contributed by atoms with Crippen LogP contribution in [0.25, 0.3) is 11.1 Å². The van der Waals surface area contributed by atoms with E-state index in [4.69, 9.17) is 4.74 Å². The first-order chi connectivity index (χ1) is 12.5. The van der Waals surface area contributed by atoms with Crippen LogP contribution in [0.15, 0.2) is 71.2 Å². The average Bonchev–Trinajstić information content (AvgIpc) is 2.63. The summed E-state index contributed by atoms with van der Waals surface area (Å²) in [4.78, 5) is 0. The first kappa shape index (κ1) is 16.9. The van der Waals surface area contributed by atoms with Crippen LogP contribution in [0.4, 0.5) is 0 Å². The van der Waals surface area contributed by atoms with Gasteiger partial charge in [-0.2, -0.15) is 0 Å². The smallest absolute Gasteiger partial charge is 0.150 e. The summed E-state index contributed by atoms with van der Waals surface area (Å²) in [7, 11) is 0. The third kappa shape index (κ3) is 3.04. The van der Waals surface area contributed by atoms with Gasteiger partial charge in [-0.05, 0) is 60.9 Å². The fourth-order valence-corrected chi connectivity index (χ4v) is 3.84. The summed E-state index contributed by atoms with van der Waals surface area (Å²) in [5.41, 5.74) is 6.61. The zero-order chi connectivity index (χ0) is 18.3. The molecule has 0 aliphatic carbocycles. The van der Waals surface area contributed by atoms with E-state index in [-0.39, 0.29) is 11.9 Å². The van der Waals surface area contributed by atoms with E-state index in [9.17, 15) is 5.11 Å². The van der Waals surface area contributed by atoms with Gasteiger partial charge in [0, 0.05) is 15.6 Å². The van der Waals surface area contributed by atoms with Crippen molar-refractivity contribution in [2.24, 2.45) is 0 Å². The Hall–Kier alpha value is -2.52. The maximum absolute atomic E-state index is 9.93. The molecule has 1 N–H and O–H groups in total. The number of aryl methyl sites for hydroxylation is 1. The highest BCUT2D eigenvalue weighted by Gasteiger charge is 2.29. The topological polar surface area (TPSA) is 29.5 Å². The fourth-order valence-electron chi connectivity index (χ4n) is 3.44. The molecule has 0 fully saturated rings. The Morgan fingerprint density at radius 1 is 0.923 bits per heavy atom. The van der Waals surface area contributed by atoms with Gasteiger partial charge < -0.3 is 9.84 Å². The number of ether oxygens (including phenoxy) is 1. The predicted molar refractivity (Wildman–Crippen MR) is 109 cm³/mol. The number of hydrogen-bond acceptors (Lipinski definition) is 2. The summed E-state index contributed by atoms with van der Waals surface area (Å²) < 4.78 is 7.43. The SMILES string of the molecule is CC1=C(c2cccc(Br)c2)C(c2ccc(C)cc2)Oc2ccc(O)cc21. The van der Waals surface area contributed by atoms with Crippen LogP contribution < -0.4 is 4.74 Å². The number of aromatic hydroxyl groups is 1. The van der Waals surface area contributed by atoms with Gasteiger partial charge in [0.1, 0.15) is 17.6 Å². The van der Waals surface area contributed by atoms with E-state index in [0.29, 0.717) is 0 Å². The lowest BCUT2D eigenvalue weighted by molar-refractivity contribution is 0.259. The molecule has 1 aliphatic heterocycles. The van der Waals surface area contributed by atoms with Crippen molar-refractivity contribution in [2.45, 2.75) is 20.0 Å². The monoisotopic (exact) mass is 406 g/mol. The molecule has 3 heteroatoms. The highest BCUT2D eigenvalue weighted by atomic mass is 79.9. The van der Waals surface area contributed by atoms with Crippen molar-refractivity contribution in [3.05, 3.63) is 93.5 Å². The van der Waals surface area contributed by atoms with Gasteiger partial charge in [-0.15, -0.1) is 0 Å². The van der Waals surface area contributed by atoms with Gasteiger partial charge in [0.2, 0.25) is 0 Å². The summed E-state index contributed by atoms with van der Waals surface area (Å²) in [6.07, 6.45) is -0.193. The number of rotatable bonds is 2. The predicted octanol–water partition coefficient (Wildman–Crippen LogP) is 6.53. The molecule has 0 saturated carbocycles. The zero-order valence-electron chi connectivity index (χ0n) is 14.7. The average molecular weight is 407 g/mol. The molecule has 3 aromatic rings. The van der Waals surface area contributed by atoms with E-state index in [1.807, 2.05) is 18.2 Å². The maximum Gasteiger partial charge on any atom is 0.150 e. The number of hydrogen-bond donors (Lipinski definition) is 1. The lowest BCUT2D eigenvalue weighted by atomic mass is 9.86. The van der Waals surface area contributed by atoms with Crippen LogP contribution in [0.2, 0.25) is 0 Å². The van der Waals surface area contributed by atoms with Crippen LogP contribution >= 0.6 is 15.9 Å². The van der Waals surface area contributed by atoms with Crippen molar-refractivity contribution in [2.75, 3.05) is 0 Å². The molecule has 1 unspecified atom stereocenters. The number of benzene rings is 3. The van der Waals surface area contributed by atoms with Crippen LogP contribution in [0.3, 0.4) is 0 Å². The second-order valence-corrected chi connectivity index (χ2v) is 7.55. The standard InChI is InChI=1S/C23H19BrO2/c1-14-6-8-16(9-7-14)23-22(17-4-3-5-18(24)12-17)15(2)20-13-19(25)10-11-21(20)26-23/h3-13,23,25H,1-2H3. The number of allylic oxidation sites excluding steroid dienone is 1. The van der Waals surface area contributed by atoms with E-state index >= 15 is 0 Å². The van der Waals surface area contributed by atoms with Crippen molar-refractivity contribution in [3.8, 4) is 11.5 Å². The summed E-state index contributed by atoms with van der Waals surface area (Å²) in [6, 6.07) is 22.0. The minimum absolute atomic E-state index is 0.193. The Morgan fingerprint density at radius 3 is 2.42 bits per heavy atom. The van der Waals surface area contributed by atoms with Crippen molar-refractivity contribution in [3.63, 3.8) is 0 Å².